The van der Waals surface area contributed by atoms with E-state index < -0.39 is 23.1 Å². The molecule has 9 heteroatoms. The SMILES string of the molecule is Cn1ncc2c(F)c(C(=O)Nc3ccc4c(c3)C(c3ccncn3)=NC4)c(F)cc21. The normalized spacial score (nSPS) is 12.7. The van der Waals surface area contributed by atoms with Crippen molar-refractivity contribution in [2.24, 2.45) is 12.0 Å². The summed E-state index contributed by atoms with van der Waals surface area (Å²) in [5.41, 5.74) is 3.12. The predicted molar refractivity (Wildman–Crippen MR) is 106 cm³/mol. The lowest BCUT2D eigenvalue weighted by Crippen LogP contribution is -2.16. The van der Waals surface area contributed by atoms with Crippen molar-refractivity contribution in [2.75, 3.05) is 5.32 Å². The first-order valence-corrected chi connectivity index (χ1v) is 9.08. The van der Waals surface area contributed by atoms with Crippen LogP contribution >= 0.6 is 0 Å². The van der Waals surface area contributed by atoms with Gasteiger partial charge in [0.25, 0.3) is 5.91 Å². The summed E-state index contributed by atoms with van der Waals surface area (Å²) >= 11 is 0. The molecule has 2 aromatic heterocycles. The van der Waals surface area contributed by atoms with Gasteiger partial charge in [0.2, 0.25) is 0 Å². The lowest BCUT2D eigenvalue weighted by atomic mass is 10.0. The summed E-state index contributed by atoms with van der Waals surface area (Å²) in [7, 11) is 1.57. The van der Waals surface area contributed by atoms with Crippen molar-refractivity contribution in [1.82, 2.24) is 19.7 Å². The zero-order valence-corrected chi connectivity index (χ0v) is 15.7. The van der Waals surface area contributed by atoms with Gasteiger partial charge in [0, 0.05) is 30.6 Å². The monoisotopic (exact) mass is 404 g/mol. The summed E-state index contributed by atoms with van der Waals surface area (Å²) in [5.74, 6) is -2.78. The Balaban J connectivity index is 1.49. The third-order valence-electron chi connectivity index (χ3n) is 5.02. The molecule has 30 heavy (non-hydrogen) atoms. The Bertz CT molecular complexity index is 1350. The van der Waals surface area contributed by atoms with Gasteiger partial charge in [-0.1, -0.05) is 6.07 Å². The quantitative estimate of drug-likeness (QED) is 0.568. The minimum atomic E-state index is -0.953. The van der Waals surface area contributed by atoms with E-state index in [0.29, 0.717) is 23.6 Å². The number of amides is 1. The number of hydrogen-bond acceptors (Lipinski definition) is 5. The van der Waals surface area contributed by atoms with Crippen LogP contribution in [0.1, 0.15) is 27.2 Å². The second kappa shape index (κ2) is 6.80. The number of fused-ring (bicyclic) bond motifs is 2. The van der Waals surface area contributed by atoms with Crippen molar-refractivity contribution in [3.05, 3.63) is 83.1 Å². The van der Waals surface area contributed by atoms with Gasteiger partial charge >= 0.3 is 0 Å². The smallest absolute Gasteiger partial charge is 0.261 e. The highest BCUT2D eigenvalue weighted by atomic mass is 19.1. The Morgan fingerprint density at radius 1 is 1.20 bits per heavy atom. The molecule has 0 atom stereocenters. The average molecular weight is 404 g/mol. The van der Waals surface area contributed by atoms with E-state index >= 15 is 0 Å². The Labute approximate surface area is 169 Å². The maximum Gasteiger partial charge on any atom is 0.261 e. The molecule has 1 aliphatic heterocycles. The van der Waals surface area contributed by atoms with E-state index in [1.807, 2.05) is 6.07 Å². The molecule has 7 nitrogen and oxygen atoms in total. The fraction of sp³-hybridized carbons (Fsp3) is 0.0952. The molecule has 1 amide bonds. The number of aryl methyl sites for hydroxylation is 1. The number of benzene rings is 2. The number of nitrogens with zero attached hydrogens (tertiary/aromatic N) is 5. The van der Waals surface area contributed by atoms with Crippen LogP contribution in [0.3, 0.4) is 0 Å². The van der Waals surface area contributed by atoms with E-state index in [9.17, 15) is 13.6 Å². The van der Waals surface area contributed by atoms with E-state index in [0.717, 1.165) is 17.2 Å². The third-order valence-corrected chi connectivity index (χ3v) is 5.02. The van der Waals surface area contributed by atoms with Crippen LogP contribution < -0.4 is 5.32 Å². The van der Waals surface area contributed by atoms with E-state index in [1.165, 1.54) is 17.2 Å². The van der Waals surface area contributed by atoms with Gasteiger partial charge in [0.1, 0.15) is 23.5 Å². The van der Waals surface area contributed by atoms with Crippen LogP contribution in [0.4, 0.5) is 14.5 Å². The van der Waals surface area contributed by atoms with E-state index in [2.05, 4.69) is 25.4 Å². The van der Waals surface area contributed by atoms with Crippen LogP contribution in [0.25, 0.3) is 10.9 Å². The molecule has 3 heterocycles. The fourth-order valence-corrected chi connectivity index (χ4v) is 3.53. The molecule has 4 aromatic rings. The molecule has 5 rings (SSSR count). The largest absolute Gasteiger partial charge is 0.322 e. The van der Waals surface area contributed by atoms with Crippen LogP contribution in [0.2, 0.25) is 0 Å². The van der Waals surface area contributed by atoms with Gasteiger partial charge in [-0.05, 0) is 23.8 Å². The summed E-state index contributed by atoms with van der Waals surface area (Å²) in [5, 5.41) is 6.57. The zero-order chi connectivity index (χ0) is 20.8. The Morgan fingerprint density at radius 3 is 2.87 bits per heavy atom. The number of halogens is 2. The van der Waals surface area contributed by atoms with Gasteiger partial charge in [0.15, 0.2) is 0 Å². The molecule has 148 valence electrons. The summed E-state index contributed by atoms with van der Waals surface area (Å²) in [6.45, 7) is 0.490. The summed E-state index contributed by atoms with van der Waals surface area (Å²) in [4.78, 5) is 25.3. The Hall–Kier alpha value is -4.01. The molecule has 0 bridgehead atoms. The number of carbonyl (C=O) groups excluding carboxylic acids is 1. The number of hydrogen-bond donors (Lipinski definition) is 1. The standard InChI is InChI=1S/C21H14F2N6O/c1-29-17-7-15(22)18(19(23)14(17)9-27-29)21(30)28-12-3-2-11-8-25-20(13(11)6-12)16-4-5-24-10-26-16/h2-7,9-10H,8H2,1H3,(H,28,30). The number of anilines is 1. The molecule has 0 aliphatic carbocycles. The van der Waals surface area contributed by atoms with Gasteiger partial charge < -0.3 is 5.32 Å². The highest BCUT2D eigenvalue weighted by Crippen LogP contribution is 2.27. The van der Waals surface area contributed by atoms with Crippen LogP contribution in [0.5, 0.6) is 0 Å². The maximum atomic E-state index is 14.8. The second-order valence-corrected chi connectivity index (χ2v) is 6.83. The highest BCUT2D eigenvalue weighted by molar-refractivity contribution is 6.15. The van der Waals surface area contributed by atoms with Gasteiger partial charge in [-0.2, -0.15) is 5.10 Å². The van der Waals surface area contributed by atoms with Crippen molar-refractivity contribution < 1.29 is 13.6 Å². The number of aromatic nitrogens is 4. The van der Waals surface area contributed by atoms with Crippen molar-refractivity contribution in [3.8, 4) is 0 Å². The first-order valence-electron chi connectivity index (χ1n) is 9.08. The van der Waals surface area contributed by atoms with Gasteiger partial charge in [-0.3, -0.25) is 14.5 Å². The molecule has 0 unspecified atom stereocenters. The molecule has 0 radical (unpaired) electrons. The number of rotatable bonds is 3. The maximum absolute atomic E-state index is 14.8. The van der Waals surface area contributed by atoms with Crippen LogP contribution in [-0.4, -0.2) is 31.4 Å². The van der Waals surface area contributed by atoms with Crippen molar-refractivity contribution in [1.29, 1.82) is 0 Å². The molecular weight excluding hydrogens is 390 g/mol. The first-order chi connectivity index (χ1) is 14.5. The van der Waals surface area contributed by atoms with Crippen LogP contribution in [0, 0.1) is 11.6 Å². The third kappa shape index (κ3) is 2.83. The zero-order valence-electron chi connectivity index (χ0n) is 15.7. The number of nitrogens with one attached hydrogen (secondary N) is 1. The molecule has 0 saturated carbocycles. The van der Waals surface area contributed by atoms with Gasteiger partial charge in [-0.15, -0.1) is 0 Å². The fourth-order valence-electron chi connectivity index (χ4n) is 3.53. The minimum Gasteiger partial charge on any atom is -0.322 e. The topological polar surface area (TPSA) is 85.1 Å². The van der Waals surface area contributed by atoms with E-state index in [1.54, 1.807) is 31.4 Å². The van der Waals surface area contributed by atoms with Crippen molar-refractivity contribution in [2.45, 2.75) is 6.54 Å². The van der Waals surface area contributed by atoms with Crippen LogP contribution in [-0.2, 0) is 13.6 Å². The summed E-state index contributed by atoms with van der Waals surface area (Å²) < 4.78 is 30.7. The average Bonchev–Trinajstić information content (AvgIpc) is 3.32. The lowest BCUT2D eigenvalue weighted by molar-refractivity contribution is 0.101. The molecular formula is C21H14F2N6O. The van der Waals surface area contributed by atoms with E-state index in [-0.39, 0.29) is 10.9 Å². The summed E-state index contributed by atoms with van der Waals surface area (Å²) in [6.07, 6.45) is 4.32. The van der Waals surface area contributed by atoms with Gasteiger partial charge in [0.05, 0.1) is 35.1 Å². The second-order valence-electron chi connectivity index (χ2n) is 6.83. The molecule has 2 aromatic carbocycles. The Morgan fingerprint density at radius 2 is 2.07 bits per heavy atom. The molecule has 0 fully saturated rings. The first kappa shape index (κ1) is 18.0. The number of carbonyl (C=O) groups is 1. The highest BCUT2D eigenvalue weighted by Gasteiger charge is 2.24. The molecule has 1 aliphatic rings. The molecule has 1 N–H and O–H groups in total. The molecule has 0 saturated heterocycles. The molecule has 0 spiro atoms. The van der Waals surface area contributed by atoms with E-state index in [4.69, 9.17) is 0 Å². The van der Waals surface area contributed by atoms with Gasteiger partial charge in [-0.25, -0.2) is 18.7 Å². The number of aliphatic imine (C=N–C) groups is 1. The summed E-state index contributed by atoms with van der Waals surface area (Å²) in [6, 6.07) is 8.06. The van der Waals surface area contributed by atoms with Crippen LogP contribution in [0.15, 0.2) is 54.0 Å². The lowest BCUT2D eigenvalue weighted by Gasteiger charge is -2.10. The minimum absolute atomic E-state index is 0.0798. The Kier molecular flexibility index (Phi) is 4.09. The predicted octanol–water partition coefficient (Wildman–Crippen LogP) is 3.24. The van der Waals surface area contributed by atoms with Crippen molar-refractivity contribution in [3.63, 3.8) is 0 Å². The van der Waals surface area contributed by atoms with Crippen molar-refractivity contribution >= 4 is 28.2 Å².